The molecule has 0 aromatic heterocycles. The first kappa shape index (κ1) is 12.4. The number of rotatable bonds is 2. The van der Waals surface area contributed by atoms with Gasteiger partial charge in [-0.25, -0.2) is 8.78 Å². The van der Waals surface area contributed by atoms with Crippen molar-refractivity contribution < 1.29 is 26.7 Å². The van der Waals surface area contributed by atoms with Gasteiger partial charge in [-0.05, 0) is 24.3 Å². The fourth-order valence-corrected chi connectivity index (χ4v) is 0.897. The summed E-state index contributed by atoms with van der Waals surface area (Å²) in [5.74, 6) is -3.99. The number of hydrogen-bond acceptors (Lipinski definition) is 1. The van der Waals surface area contributed by atoms with Gasteiger partial charge in [0.1, 0.15) is 11.6 Å². The lowest BCUT2D eigenvalue weighted by molar-refractivity contribution is -0.165. The molecule has 1 aromatic carbocycles. The zero-order valence-electron chi connectivity index (χ0n) is 7.68. The van der Waals surface area contributed by atoms with Crippen molar-refractivity contribution in [2.45, 2.75) is 6.18 Å². The van der Waals surface area contributed by atoms with E-state index in [2.05, 4.69) is 0 Å². The van der Waals surface area contributed by atoms with Crippen LogP contribution in [0.4, 0.5) is 22.0 Å². The lowest BCUT2D eigenvalue weighted by atomic mass is 10.2. The van der Waals surface area contributed by atoms with Crippen molar-refractivity contribution in [2.24, 2.45) is 0 Å². The van der Waals surface area contributed by atoms with Crippen molar-refractivity contribution >= 4 is 11.9 Å². The molecule has 0 radical (unpaired) electrons. The molecule has 0 heterocycles. The van der Waals surface area contributed by atoms with Gasteiger partial charge in [-0.1, -0.05) is 0 Å². The number of hydrogen-bond donors (Lipinski definition) is 0. The molecule has 0 spiro atoms. The summed E-state index contributed by atoms with van der Waals surface area (Å²) in [7, 11) is 0. The van der Waals surface area contributed by atoms with Crippen LogP contribution in [0.1, 0.15) is 5.56 Å². The minimum atomic E-state index is -4.99. The molecule has 0 aliphatic rings. The van der Waals surface area contributed by atoms with Crippen LogP contribution in [0.2, 0.25) is 0 Å². The van der Waals surface area contributed by atoms with Gasteiger partial charge >= 0.3 is 6.18 Å². The third-order valence-corrected chi connectivity index (χ3v) is 1.66. The summed E-state index contributed by atoms with van der Waals surface area (Å²) in [6.07, 6.45) is -4.16. The number of carbonyl (C=O) groups is 1. The van der Waals surface area contributed by atoms with Gasteiger partial charge in [0.15, 0.2) is 0 Å². The Labute approximate surface area is 87.2 Å². The maximum absolute atomic E-state index is 12.9. The molecule has 1 nitrogen and oxygen atoms in total. The van der Waals surface area contributed by atoms with Gasteiger partial charge in [-0.15, -0.1) is 0 Å². The van der Waals surface area contributed by atoms with Crippen LogP contribution in [0.5, 0.6) is 0 Å². The Hall–Kier alpha value is -1.72. The van der Waals surface area contributed by atoms with Crippen LogP contribution in [-0.4, -0.2) is 12.0 Å². The number of carbonyl (C=O) groups excluding carboxylic acids is 1. The maximum Gasteiger partial charge on any atom is 0.454 e. The second kappa shape index (κ2) is 4.42. The number of benzene rings is 1. The highest BCUT2D eigenvalue weighted by atomic mass is 19.4. The summed E-state index contributed by atoms with van der Waals surface area (Å²) in [6.45, 7) is 0. The van der Waals surface area contributed by atoms with Gasteiger partial charge in [-0.2, -0.15) is 13.2 Å². The van der Waals surface area contributed by atoms with Crippen LogP contribution >= 0.6 is 0 Å². The molecule has 0 atom stereocenters. The zero-order chi connectivity index (χ0) is 12.3. The van der Waals surface area contributed by atoms with Gasteiger partial charge in [0.25, 0.3) is 5.78 Å². The first-order valence-corrected chi connectivity index (χ1v) is 4.05. The van der Waals surface area contributed by atoms with E-state index in [-0.39, 0.29) is 11.6 Å². The van der Waals surface area contributed by atoms with E-state index in [1.807, 2.05) is 0 Å². The van der Waals surface area contributed by atoms with Crippen molar-refractivity contribution in [3.8, 4) is 0 Å². The summed E-state index contributed by atoms with van der Waals surface area (Å²) >= 11 is 0. The Morgan fingerprint density at radius 1 is 1.19 bits per heavy atom. The lowest BCUT2D eigenvalue weighted by Gasteiger charge is -2.00. The average molecular weight is 236 g/mol. The summed E-state index contributed by atoms with van der Waals surface area (Å²) in [4.78, 5) is 10.4. The third kappa shape index (κ3) is 3.15. The van der Waals surface area contributed by atoms with Gasteiger partial charge in [0, 0.05) is 11.6 Å². The minimum Gasteiger partial charge on any atom is -0.285 e. The molecule has 0 amide bonds. The lowest BCUT2D eigenvalue weighted by Crippen LogP contribution is -2.19. The Balaban J connectivity index is 2.89. The van der Waals surface area contributed by atoms with Gasteiger partial charge < -0.3 is 0 Å². The molecule has 6 heteroatoms. The molecule has 0 unspecified atom stereocenters. The second-order valence-corrected chi connectivity index (χ2v) is 2.86. The predicted octanol–water partition coefficient (Wildman–Crippen LogP) is 3.11. The fraction of sp³-hybridized carbons (Fsp3) is 0.100. The molecule has 0 bridgehead atoms. The average Bonchev–Trinajstić information content (AvgIpc) is 2.14. The highest BCUT2D eigenvalue weighted by molar-refractivity contribution is 5.97. The molecule has 0 saturated carbocycles. The largest absolute Gasteiger partial charge is 0.454 e. The monoisotopic (exact) mass is 236 g/mol. The normalized spacial score (nSPS) is 12.1. The van der Waals surface area contributed by atoms with Crippen LogP contribution < -0.4 is 0 Å². The van der Waals surface area contributed by atoms with Crippen molar-refractivity contribution in [1.29, 1.82) is 0 Å². The fourth-order valence-electron chi connectivity index (χ4n) is 0.897. The molecule has 0 fully saturated rings. The van der Waals surface area contributed by atoms with Gasteiger partial charge in [0.2, 0.25) is 0 Å². The predicted molar refractivity (Wildman–Crippen MR) is 46.5 cm³/mol. The molecular formula is C10H5F5O. The first-order chi connectivity index (χ1) is 7.30. The van der Waals surface area contributed by atoms with E-state index < -0.39 is 23.6 Å². The molecule has 86 valence electrons. The number of alkyl halides is 3. The van der Waals surface area contributed by atoms with E-state index in [0.717, 1.165) is 12.1 Å². The van der Waals surface area contributed by atoms with Crippen LogP contribution in [0.15, 0.2) is 24.3 Å². The molecule has 1 aromatic rings. The topological polar surface area (TPSA) is 17.1 Å². The minimum absolute atomic E-state index is 0.191. The smallest absolute Gasteiger partial charge is 0.285 e. The van der Waals surface area contributed by atoms with Crippen LogP contribution in [0.25, 0.3) is 6.08 Å². The zero-order valence-corrected chi connectivity index (χ0v) is 7.68. The quantitative estimate of drug-likeness (QED) is 0.569. The van der Waals surface area contributed by atoms with E-state index >= 15 is 0 Å². The summed E-state index contributed by atoms with van der Waals surface area (Å²) in [6, 6.07) is 2.32. The van der Waals surface area contributed by atoms with Crippen molar-refractivity contribution in [1.82, 2.24) is 0 Å². The van der Waals surface area contributed by atoms with E-state index in [1.54, 1.807) is 0 Å². The van der Waals surface area contributed by atoms with Crippen LogP contribution in [0, 0.1) is 11.6 Å². The van der Waals surface area contributed by atoms with E-state index in [4.69, 9.17) is 0 Å². The Bertz CT molecular complexity index is 433. The third-order valence-electron chi connectivity index (χ3n) is 1.66. The number of halogens is 5. The molecule has 0 aliphatic heterocycles. The SMILES string of the molecule is O=C(C=Cc1ccc(F)cc1F)C(F)(F)F. The van der Waals surface area contributed by atoms with Gasteiger partial charge in [-0.3, -0.25) is 4.79 Å². The molecule has 0 aliphatic carbocycles. The molecular weight excluding hydrogens is 231 g/mol. The van der Waals surface area contributed by atoms with Crippen molar-refractivity contribution in [3.63, 3.8) is 0 Å². The Morgan fingerprint density at radius 3 is 2.31 bits per heavy atom. The van der Waals surface area contributed by atoms with Crippen LogP contribution in [-0.2, 0) is 4.79 Å². The number of allylic oxidation sites excluding steroid dienone is 1. The molecule has 0 saturated heterocycles. The molecule has 0 N–H and O–H groups in total. The first-order valence-electron chi connectivity index (χ1n) is 4.05. The summed E-state index contributed by atoms with van der Waals surface area (Å²) in [5, 5.41) is 0. The molecule has 16 heavy (non-hydrogen) atoms. The van der Waals surface area contributed by atoms with Crippen LogP contribution in [0.3, 0.4) is 0 Å². The highest BCUT2D eigenvalue weighted by Crippen LogP contribution is 2.18. The summed E-state index contributed by atoms with van der Waals surface area (Å²) < 4.78 is 60.6. The summed E-state index contributed by atoms with van der Waals surface area (Å²) in [5.41, 5.74) is -0.293. The van der Waals surface area contributed by atoms with Crippen molar-refractivity contribution in [3.05, 3.63) is 41.5 Å². The van der Waals surface area contributed by atoms with Crippen molar-refractivity contribution in [2.75, 3.05) is 0 Å². The number of ketones is 1. The Morgan fingerprint density at radius 2 is 1.81 bits per heavy atom. The van der Waals surface area contributed by atoms with E-state index in [0.29, 0.717) is 12.1 Å². The van der Waals surface area contributed by atoms with E-state index in [9.17, 15) is 26.7 Å². The van der Waals surface area contributed by atoms with Gasteiger partial charge in [0.05, 0.1) is 0 Å². The Kier molecular flexibility index (Phi) is 3.41. The highest BCUT2D eigenvalue weighted by Gasteiger charge is 2.35. The van der Waals surface area contributed by atoms with E-state index in [1.165, 1.54) is 0 Å². The second-order valence-electron chi connectivity index (χ2n) is 2.86. The molecule has 1 rings (SSSR count). The maximum atomic E-state index is 12.9. The standard InChI is InChI=1S/C10H5F5O/c11-7-3-1-6(8(12)5-7)2-4-9(16)10(13,14)15/h1-5H.